The second kappa shape index (κ2) is 7.69. The smallest absolute Gasteiger partial charge is 0.357 e. The van der Waals surface area contributed by atoms with E-state index < -0.39 is 0 Å². The Morgan fingerprint density at radius 1 is 1.03 bits per heavy atom. The molecule has 0 unspecified atom stereocenters. The van der Waals surface area contributed by atoms with Crippen molar-refractivity contribution in [3.05, 3.63) is 77.6 Å². The molecule has 2 aromatic carbocycles. The monoisotopic (exact) mass is 402 g/mol. The number of carbonyl (C=O) groups is 1. The van der Waals surface area contributed by atoms with Gasteiger partial charge in [-0.25, -0.2) is 19.7 Å². The third kappa shape index (κ3) is 3.50. The molecule has 2 aromatic heterocycles. The highest BCUT2D eigenvalue weighted by atomic mass is 32.1. The maximum absolute atomic E-state index is 12.5. The number of rotatable bonds is 4. The SMILES string of the molecule is O=C(ON1CCC[C@H]1c1nc2c(-c3ccccc3)ncnc2s1)c1ccccc1. The van der Waals surface area contributed by atoms with Crippen molar-refractivity contribution in [1.82, 2.24) is 20.0 Å². The summed E-state index contributed by atoms with van der Waals surface area (Å²) >= 11 is 1.53. The molecule has 1 fully saturated rings. The second-order valence-electron chi connectivity index (χ2n) is 6.84. The molecule has 0 aliphatic carbocycles. The topological polar surface area (TPSA) is 68.2 Å². The van der Waals surface area contributed by atoms with E-state index in [0.29, 0.717) is 12.1 Å². The van der Waals surface area contributed by atoms with Crippen molar-refractivity contribution >= 4 is 27.7 Å². The minimum atomic E-state index is -0.344. The lowest BCUT2D eigenvalue weighted by molar-refractivity contribution is -0.120. The molecule has 29 heavy (non-hydrogen) atoms. The number of thiazole rings is 1. The molecular weight excluding hydrogens is 384 g/mol. The van der Waals surface area contributed by atoms with Gasteiger partial charge in [0.2, 0.25) is 0 Å². The van der Waals surface area contributed by atoms with Crippen molar-refractivity contribution in [3.63, 3.8) is 0 Å². The summed E-state index contributed by atoms with van der Waals surface area (Å²) in [4.78, 5) is 32.8. The lowest BCUT2D eigenvalue weighted by Crippen LogP contribution is -2.27. The Balaban J connectivity index is 1.45. The van der Waals surface area contributed by atoms with Crippen molar-refractivity contribution < 1.29 is 9.63 Å². The van der Waals surface area contributed by atoms with Gasteiger partial charge in [-0.05, 0) is 25.0 Å². The van der Waals surface area contributed by atoms with Crippen LogP contribution in [0.2, 0.25) is 0 Å². The number of fused-ring (bicyclic) bond motifs is 1. The molecule has 0 spiro atoms. The van der Waals surface area contributed by atoms with E-state index >= 15 is 0 Å². The first kappa shape index (κ1) is 17.9. The van der Waals surface area contributed by atoms with Gasteiger partial charge in [-0.3, -0.25) is 0 Å². The molecule has 1 aliphatic heterocycles. The van der Waals surface area contributed by atoms with Crippen LogP contribution >= 0.6 is 11.3 Å². The highest BCUT2D eigenvalue weighted by molar-refractivity contribution is 7.18. The fourth-order valence-corrected chi connectivity index (χ4v) is 4.59. The minimum Gasteiger partial charge on any atom is -0.363 e. The van der Waals surface area contributed by atoms with E-state index in [1.807, 2.05) is 48.5 Å². The van der Waals surface area contributed by atoms with Gasteiger partial charge in [0, 0.05) is 12.1 Å². The Bertz CT molecular complexity index is 1150. The van der Waals surface area contributed by atoms with Crippen LogP contribution in [0, 0.1) is 0 Å². The minimum absolute atomic E-state index is 0.0644. The van der Waals surface area contributed by atoms with Gasteiger partial charge < -0.3 is 4.84 Å². The molecule has 3 heterocycles. The first-order valence-corrected chi connectivity index (χ1v) is 10.3. The maximum Gasteiger partial charge on any atom is 0.357 e. The van der Waals surface area contributed by atoms with Crippen LogP contribution in [-0.4, -0.2) is 32.5 Å². The van der Waals surface area contributed by atoms with Crippen LogP contribution < -0.4 is 0 Å². The summed E-state index contributed by atoms with van der Waals surface area (Å²) in [5.41, 5.74) is 3.17. The predicted molar refractivity (Wildman–Crippen MR) is 111 cm³/mol. The molecule has 0 radical (unpaired) electrons. The van der Waals surface area contributed by atoms with Crippen LogP contribution in [0.3, 0.4) is 0 Å². The molecular formula is C22H18N4O2S. The average Bonchev–Trinajstić information content (AvgIpc) is 3.41. The van der Waals surface area contributed by atoms with E-state index in [0.717, 1.165) is 39.5 Å². The Kier molecular flexibility index (Phi) is 4.75. The highest BCUT2D eigenvalue weighted by Gasteiger charge is 2.32. The van der Waals surface area contributed by atoms with Gasteiger partial charge in [0.15, 0.2) is 0 Å². The molecule has 0 N–H and O–H groups in total. The number of aromatic nitrogens is 3. The van der Waals surface area contributed by atoms with Crippen LogP contribution in [0.25, 0.3) is 21.6 Å². The largest absolute Gasteiger partial charge is 0.363 e. The predicted octanol–water partition coefficient (Wildman–Crippen LogP) is 4.66. The van der Waals surface area contributed by atoms with Gasteiger partial charge in [-0.15, -0.1) is 5.06 Å². The summed E-state index contributed by atoms with van der Waals surface area (Å²) in [6.45, 7) is 0.691. The molecule has 4 aromatic rings. The molecule has 0 amide bonds. The number of benzene rings is 2. The summed E-state index contributed by atoms with van der Waals surface area (Å²) in [7, 11) is 0. The normalized spacial score (nSPS) is 16.9. The first-order chi connectivity index (χ1) is 14.3. The zero-order valence-electron chi connectivity index (χ0n) is 15.6. The third-order valence-electron chi connectivity index (χ3n) is 4.96. The number of carbonyl (C=O) groups excluding carboxylic acids is 1. The van der Waals surface area contributed by atoms with E-state index in [4.69, 9.17) is 9.82 Å². The Morgan fingerprint density at radius 2 is 1.79 bits per heavy atom. The molecule has 1 saturated heterocycles. The number of hydroxylamine groups is 2. The van der Waals surface area contributed by atoms with Crippen LogP contribution in [0.4, 0.5) is 0 Å². The van der Waals surface area contributed by atoms with Gasteiger partial charge in [0.1, 0.15) is 27.4 Å². The van der Waals surface area contributed by atoms with Gasteiger partial charge in [-0.1, -0.05) is 59.9 Å². The van der Waals surface area contributed by atoms with Gasteiger partial charge >= 0.3 is 5.97 Å². The van der Waals surface area contributed by atoms with Gasteiger partial charge in [0.05, 0.1) is 11.6 Å². The van der Waals surface area contributed by atoms with E-state index in [1.165, 1.54) is 11.3 Å². The lowest BCUT2D eigenvalue weighted by atomic mass is 10.1. The lowest BCUT2D eigenvalue weighted by Gasteiger charge is -2.21. The Labute approximate surface area is 171 Å². The molecule has 5 rings (SSSR count). The van der Waals surface area contributed by atoms with E-state index in [2.05, 4.69) is 9.97 Å². The summed E-state index contributed by atoms with van der Waals surface area (Å²) in [5.74, 6) is -0.344. The van der Waals surface area contributed by atoms with E-state index in [1.54, 1.807) is 23.5 Å². The fourth-order valence-electron chi connectivity index (χ4n) is 3.55. The van der Waals surface area contributed by atoms with Crippen LogP contribution in [-0.2, 0) is 4.84 Å². The van der Waals surface area contributed by atoms with E-state index in [-0.39, 0.29) is 12.0 Å². The molecule has 1 aliphatic rings. The molecule has 144 valence electrons. The summed E-state index contributed by atoms with van der Waals surface area (Å²) < 4.78 is 0. The third-order valence-corrected chi connectivity index (χ3v) is 6.02. The summed E-state index contributed by atoms with van der Waals surface area (Å²) in [6, 6.07) is 19.0. The zero-order valence-corrected chi connectivity index (χ0v) is 16.4. The van der Waals surface area contributed by atoms with Crippen LogP contribution in [0.1, 0.15) is 34.2 Å². The van der Waals surface area contributed by atoms with Crippen LogP contribution in [0.15, 0.2) is 67.0 Å². The Hall–Kier alpha value is -3.16. The number of hydrogen-bond donors (Lipinski definition) is 0. The molecule has 6 nitrogen and oxygen atoms in total. The van der Waals surface area contributed by atoms with Crippen molar-refractivity contribution in [2.45, 2.75) is 18.9 Å². The first-order valence-electron chi connectivity index (χ1n) is 9.50. The summed E-state index contributed by atoms with van der Waals surface area (Å²) in [5, 5.41) is 2.65. The second-order valence-corrected chi connectivity index (χ2v) is 7.85. The van der Waals surface area contributed by atoms with E-state index in [9.17, 15) is 4.79 Å². The number of nitrogens with zero attached hydrogens (tertiary/aromatic N) is 4. The highest BCUT2D eigenvalue weighted by Crippen LogP contribution is 2.38. The van der Waals surface area contributed by atoms with Crippen molar-refractivity contribution in [3.8, 4) is 11.3 Å². The molecule has 0 saturated carbocycles. The number of hydrogen-bond acceptors (Lipinski definition) is 7. The van der Waals surface area contributed by atoms with Crippen molar-refractivity contribution in [1.29, 1.82) is 0 Å². The summed E-state index contributed by atoms with van der Waals surface area (Å²) in [6.07, 6.45) is 3.41. The molecule has 1 atom stereocenters. The van der Waals surface area contributed by atoms with Crippen LogP contribution in [0.5, 0.6) is 0 Å². The maximum atomic E-state index is 12.5. The van der Waals surface area contributed by atoms with Crippen molar-refractivity contribution in [2.75, 3.05) is 6.54 Å². The van der Waals surface area contributed by atoms with Gasteiger partial charge in [-0.2, -0.15) is 0 Å². The van der Waals surface area contributed by atoms with Crippen molar-refractivity contribution in [2.24, 2.45) is 0 Å². The Morgan fingerprint density at radius 3 is 2.59 bits per heavy atom. The zero-order chi connectivity index (χ0) is 19.6. The molecule has 0 bridgehead atoms. The quantitative estimate of drug-likeness (QED) is 0.494. The average molecular weight is 402 g/mol. The standard InChI is InChI=1S/C22H18N4O2S/c27-22(16-10-5-2-6-11-16)28-26-13-7-12-17(26)20-25-19-18(15-8-3-1-4-9-15)23-14-24-21(19)29-20/h1-6,8-11,14,17H,7,12-13H2/t17-/m0/s1. The molecule has 7 heteroatoms. The van der Waals surface area contributed by atoms with Gasteiger partial charge in [0.25, 0.3) is 0 Å². The fraction of sp³-hybridized carbons (Fsp3) is 0.182.